The van der Waals surface area contributed by atoms with E-state index in [1.54, 1.807) is 18.2 Å². The molecular formula is C21H27NO3S. The van der Waals surface area contributed by atoms with Gasteiger partial charge in [0.1, 0.15) is 0 Å². The van der Waals surface area contributed by atoms with E-state index >= 15 is 0 Å². The Labute approximate surface area is 156 Å². The molecule has 0 saturated carbocycles. The van der Waals surface area contributed by atoms with Crippen molar-refractivity contribution in [2.24, 2.45) is 0 Å². The first-order chi connectivity index (χ1) is 12.5. The Bertz CT molecular complexity index is 831. The maximum Gasteiger partial charge on any atom is 0.180 e. The summed E-state index contributed by atoms with van der Waals surface area (Å²) in [7, 11) is -3.43. The second kappa shape index (κ2) is 8.33. The van der Waals surface area contributed by atoms with Crippen LogP contribution in [0.2, 0.25) is 0 Å². The number of aliphatic hydroxyl groups excluding tert-OH is 1. The number of benzene rings is 2. The van der Waals surface area contributed by atoms with E-state index in [9.17, 15) is 8.42 Å². The fourth-order valence-corrected chi connectivity index (χ4v) is 4.64. The summed E-state index contributed by atoms with van der Waals surface area (Å²) in [6, 6.07) is 16.0. The Hall–Kier alpha value is -1.69. The average Bonchev–Trinajstić information content (AvgIpc) is 3.05. The lowest BCUT2D eigenvalue weighted by atomic mass is 10.0. The number of rotatable bonds is 7. The largest absolute Gasteiger partial charge is 0.395 e. The van der Waals surface area contributed by atoms with E-state index < -0.39 is 9.84 Å². The Kier molecular flexibility index (Phi) is 6.12. The first-order valence-corrected chi connectivity index (χ1v) is 10.9. The molecule has 0 aromatic heterocycles. The van der Waals surface area contributed by atoms with Gasteiger partial charge in [-0.2, -0.15) is 0 Å². The van der Waals surface area contributed by atoms with E-state index in [1.165, 1.54) is 24.9 Å². The Morgan fingerprint density at radius 2 is 1.88 bits per heavy atom. The van der Waals surface area contributed by atoms with Gasteiger partial charge >= 0.3 is 0 Å². The fraction of sp³-hybridized carbons (Fsp3) is 0.429. The highest BCUT2D eigenvalue weighted by molar-refractivity contribution is 7.91. The van der Waals surface area contributed by atoms with Gasteiger partial charge in [0.2, 0.25) is 0 Å². The van der Waals surface area contributed by atoms with Crippen LogP contribution in [-0.2, 0) is 16.3 Å². The maximum absolute atomic E-state index is 12.1. The lowest BCUT2D eigenvalue weighted by Crippen LogP contribution is -2.28. The minimum absolute atomic E-state index is 0.246. The molecule has 5 heteroatoms. The van der Waals surface area contributed by atoms with Crippen molar-refractivity contribution in [3.05, 3.63) is 54.1 Å². The summed E-state index contributed by atoms with van der Waals surface area (Å²) in [6.07, 6.45) is 3.64. The second-order valence-electron chi connectivity index (χ2n) is 7.04. The minimum Gasteiger partial charge on any atom is -0.395 e. The molecule has 0 amide bonds. The van der Waals surface area contributed by atoms with Crippen LogP contribution in [0.5, 0.6) is 0 Å². The first kappa shape index (κ1) is 19.1. The molecular weight excluding hydrogens is 346 g/mol. The van der Waals surface area contributed by atoms with Gasteiger partial charge < -0.3 is 10.0 Å². The molecule has 0 radical (unpaired) electrons. The normalized spacial score (nSPS) is 18.3. The molecule has 1 aliphatic rings. The maximum atomic E-state index is 12.1. The van der Waals surface area contributed by atoms with Crippen LogP contribution >= 0.6 is 0 Å². The first-order valence-electron chi connectivity index (χ1n) is 9.26. The highest BCUT2D eigenvalue weighted by Gasteiger charge is 2.19. The highest BCUT2D eigenvalue weighted by Crippen LogP contribution is 2.24. The molecule has 1 N–H and O–H groups in total. The number of likely N-dealkylation sites (tertiary alicyclic amines) is 1. The van der Waals surface area contributed by atoms with Gasteiger partial charge in [-0.3, -0.25) is 0 Å². The van der Waals surface area contributed by atoms with Gasteiger partial charge in [0.05, 0.1) is 17.3 Å². The molecule has 1 aliphatic heterocycles. The van der Waals surface area contributed by atoms with Crippen molar-refractivity contribution in [3.8, 4) is 11.1 Å². The van der Waals surface area contributed by atoms with Gasteiger partial charge in [0.15, 0.2) is 9.84 Å². The van der Waals surface area contributed by atoms with E-state index in [1.807, 2.05) is 6.07 Å². The second-order valence-corrected chi connectivity index (χ2v) is 9.15. The predicted octanol–water partition coefficient (Wildman–Crippen LogP) is 3.15. The highest BCUT2D eigenvalue weighted by atomic mass is 32.2. The van der Waals surface area contributed by atoms with Crippen LogP contribution in [0.25, 0.3) is 11.1 Å². The van der Waals surface area contributed by atoms with E-state index in [0.717, 1.165) is 24.1 Å². The summed E-state index contributed by atoms with van der Waals surface area (Å²) in [6.45, 7) is 4.23. The molecule has 1 heterocycles. The fourth-order valence-electron chi connectivity index (χ4n) is 3.57. The summed E-state index contributed by atoms with van der Waals surface area (Å²) in [5.74, 6) is -0.246. The molecule has 1 saturated heterocycles. The summed E-state index contributed by atoms with van der Waals surface area (Å²) in [5, 5.41) is 8.94. The zero-order valence-corrected chi connectivity index (χ0v) is 16.1. The van der Waals surface area contributed by atoms with Crippen LogP contribution in [-0.4, -0.2) is 49.9 Å². The topological polar surface area (TPSA) is 57.6 Å². The van der Waals surface area contributed by atoms with E-state index in [2.05, 4.69) is 36.1 Å². The molecule has 26 heavy (non-hydrogen) atoms. The Morgan fingerprint density at radius 3 is 2.54 bits per heavy atom. The monoisotopic (exact) mass is 373 g/mol. The molecule has 1 atom stereocenters. The number of hydrogen-bond donors (Lipinski definition) is 1. The molecule has 4 nitrogen and oxygen atoms in total. The molecule has 0 spiro atoms. The van der Waals surface area contributed by atoms with E-state index in [-0.39, 0.29) is 17.3 Å². The van der Waals surface area contributed by atoms with E-state index in [4.69, 9.17) is 5.11 Å². The van der Waals surface area contributed by atoms with Gasteiger partial charge in [0.25, 0.3) is 0 Å². The van der Waals surface area contributed by atoms with Crippen LogP contribution in [0.4, 0.5) is 0 Å². The van der Waals surface area contributed by atoms with Gasteiger partial charge in [0, 0.05) is 12.6 Å². The molecule has 2 aromatic carbocycles. The van der Waals surface area contributed by atoms with Gasteiger partial charge in [-0.05, 0) is 61.6 Å². The third-order valence-electron chi connectivity index (χ3n) is 5.22. The quantitative estimate of drug-likeness (QED) is 0.810. The standard InChI is InChI=1S/C21H27NO3S/c1-17-4-3-12-22(17)13-11-18-7-9-19(10-8-18)20-5-2-6-21(16-20)26(24,25)15-14-23/h2,5-10,16-17,23H,3-4,11-15H2,1H3. The molecule has 3 rings (SSSR count). The van der Waals surface area contributed by atoms with Gasteiger partial charge in [-0.25, -0.2) is 8.42 Å². The van der Waals surface area contributed by atoms with Crippen LogP contribution in [0.3, 0.4) is 0 Å². The molecule has 0 aliphatic carbocycles. The molecule has 1 unspecified atom stereocenters. The van der Waals surface area contributed by atoms with Crippen LogP contribution < -0.4 is 0 Å². The summed E-state index contributed by atoms with van der Waals surface area (Å²) in [4.78, 5) is 2.81. The number of nitrogens with zero attached hydrogens (tertiary/aromatic N) is 1. The van der Waals surface area contributed by atoms with Gasteiger partial charge in [-0.1, -0.05) is 36.4 Å². The molecule has 2 aromatic rings. The molecule has 140 valence electrons. The Balaban J connectivity index is 1.70. The van der Waals surface area contributed by atoms with Crippen molar-refractivity contribution in [2.45, 2.75) is 37.1 Å². The van der Waals surface area contributed by atoms with Crippen LogP contribution in [0.15, 0.2) is 53.4 Å². The zero-order chi connectivity index (χ0) is 18.6. The molecule has 0 bridgehead atoms. The third kappa shape index (κ3) is 4.53. The smallest absolute Gasteiger partial charge is 0.180 e. The summed E-state index contributed by atoms with van der Waals surface area (Å²) >= 11 is 0. The average molecular weight is 374 g/mol. The van der Waals surface area contributed by atoms with Crippen LogP contribution in [0, 0.1) is 0 Å². The van der Waals surface area contributed by atoms with Crippen LogP contribution in [0.1, 0.15) is 25.3 Å². The van der Waals surface area contributed by atoms with Crippen molar-refractivity contribution in [2.75, 3.05) is 25.4 Å². The number of aliphatic hydroxyl groups is 1. The lowest BCUT2D eigenvalue weighted by molar-refractivity contribution is 0.272. The van der Waals surface area contributed by atoms with E-state index in [0.29, 0.717) is 6.04 Å². The predicted molar refractivity (Wildman–Crippen MR) is 105 cm³/mol. The molecule has 1 fully saturated rings. The van der Waals surface area contributed by atoms with Gasteiger partial charge in [-0.15, -0.1) is 0 Å². The van der Waals surface area contributed by atoms with Crippen molar-refractivity contribution in [3.63, 3.8) is 0 Å². The minimum atomic E-state index is -3.43. The number of hydrogen-bond acceptors (Lipinski definition) is 4. The van der Waals surface area contributed by atoms with Crippen molar-refractivity contribution in [1.82, 2.24) is 4.90 Å². The third-order valence-corrected chi connectivity index (χ3v) is 6.91. The summed E-state index contributed by atoms with van der Waals surface area (Å²) in [5.41, 5.74) is 3.19. The number of sulfone groups is 1. The Morgan fingerprint density at radius 1 is 1.12 bits per heavy atom. The lowest BCUT2D eigenvalue weighted by Gasteiger charge is -2.20. The van der Waals surface area contributed by atoms with Crippen molar-refractivity contribution < 1.29 is 13.5 Å². The zero-order valence-electron chi connectivity index (χ0n) is 15.3. The van der Waals surface area contributed by atoms with Crippen molar-refractivity contribution in [1.29, 1.82) is 0 Å². The SMILES string of the molecule is CC1CCCN1CCc1ccc(-c2cccc(S(=O)(=O)CCO)c2)cc1. The van der Waals surface area contributed by atoms with Crippen molar-refractivity contribution >= 4 is 9.84 Å². The summed E-state index contributed by atoms with van der Waals surface area (Å²) < 4.78 is 24.3.